The number of esters is 1. The number of aromatic amines is 1. The Labute approximate surface area is 198 Å². The number of fused-ring (bicyclic) bond motifs is 2. The van der Waals surface area contributed by atoms with Gasteiger partial charge in [-0.1, -0.05) is 30.3 Å². The highest BCUT2D eigenvalue weighted by Gasteiger charge is 2.26. The summed E-state index contributed by atoms with van der Waals surface area (Å²) in [5.74, 6) is 1.14. The van der Waals surface area contributed by atoms with Crippen LogP contribution < -0.4 is 14.8 Å². The maximum Gasteiger partial charge on any atom is 0.356 e. The molecule has 2 aromatic carbocycles. The number of carbonyl (C=O) groups is 2. The van der Waals surface area contributed by atoms with E-state index in [1.54, 1.807) is 19.1 Å². The van der Waals surface area contributed by atoms with E-state index in [2.05, 4.69) is 39.5 Å². The van der Waals surface area contributed by atoms with Gasteiger partial charge in [0, 0.05) is 11.5 Å². The second-order valence-electron chi connectivity index (χ2n) is 8.80. The van der Waals surface area contributed by atoms with E-state index in [0.29, 0.717) is 34.0 Å². The van der Waals surface area contributed by atoms with E-state index in [9.17, 15) is 9.59 Å². The van der Waals surface area contributed by atoms with Gasteiger partial charge in [0.25, 0.3) is 0 Å². The van der Waals surface area contributed by atoms with Crippen LogP contribution in [0.1, 0.15) is 35.8 Å². The van der Waals surface area contributed by atoms with E-state index in [-0.39, 0.29) is 31.5 Å². The molecule has 1 aromatic heterocycles. The zero-order valence-electron chi connectivity index (χ0n) is 19.3. The molecule has 0 bridgehead atoms. The maximum absolute atomic E-state index is 13.0. The number of benzene rings is 2. The summed E-state index contributed by atoms with van der Waals surface area (Å²) in [5, 5.41) is 3.64. The van der Waals surface area contributed by atoms with E-state index in [0.717, 1.165) is 32.4 Å². The van der Waals surface area contributed by atoms with Gasteiger partial charge in [0.2, 0.25) is 12.7 Å². The van der Waals surface area contributed by atoms with Crippen LogP contribution in [0, 0.1) is 5.92 Å². The van der Waals surface area contributed by atoms with Gasteiger partial charge in [0.1, 0.15) is 5.69 Å². The highest BCUT2D eigenvalue weighted by Crippen LogP contribution is 2.40. The molecule has 0 aliphatic carbocycles. The third-order valence-electron chi connectivity index (χ3n) is 6.48. The second kappa shape index (κ2) is 9.77. The van der Waals surface area contributed by atoms with Crippen LogP contribution in [0.2, 0.25) is 0 Å². The monoisotopic (exact) mass is 463 g/mol. The number of rotatable bonds is 7. The smallest absolute Gasteiger partial charge is 0.356 e. The number of piperidine rings is 1. The van der Waals surface area contributed by atoms with E-state index in [1.807, 2.05) is 6.07 Å². The van der Waals surface area contributed by atoms with Crippen LogP contribution in [0.15, 0.2) is 42.5 Å². The van der Waals surface area contributed by atoms with E-state index in [1.165, 1.54) is 5.56 Å². The maximum atomic E-state index is 13.0. The third-order valence-corrected chi connectivity index (χ3v) is 6.48. The van der Waals surface area contributed by atoms with Crippen LogP contribution in [0.25, 0.3) is 10.9 Å². The number of anilines is 1. The summed E-state index contributed by atoms with van der Waals surface area (Å²) in [4.78, 5) is 30.8. The fraction of sp³-hybridized carbons (Fsp3) is 0.385. The summed E-state index contributed by atoms with van der Waals surface area (Å²) < 4.78 is 16.1. The zero-order chi connectivity index (χ0) is 23.5. The lowest BCUT2D eigenvalue weighted by molar-refractivity contribution is -0.117. The van der Waals surface area contributed by atoms with Gasteiger partial charge >= 0.3 is 5.97 Å². The molecule has 2 aliphatic heterocycles. The van der Waals surface area contributed by atoms with Crippen LogP contribution in [0.3, 0.4) is 0 Å². The Morgan fingerprint density at radius 2 is 1.85 bits per heavy atom. The van der Waals surface area contributed by atoms with Crippen molar-refractivity contribution in [2.45, 2.75) is 26.2 Å². The Morgan fingerprint density at radius 3 is 2.59 bits per heavy atom. The summed E-state index contributed by atoms with van der Waals surface area (Å²) >= 11 is 0. The number of ether oxygens (including phenoxy) is 3. The van der Waals surface area contributed by atoms with E-state index in [4.69, 9.17) is 14.2 Å². The molecule has 2 N–H and O–H groups in total. The molecule has 0 unspecified atom stereocenters. The van der Waals surface area contributed by atoms with Gasteiger partial charge in [0.15, 0.2) is 11.5 Å². The minimum absolute atomic E-state index is 0.147. The Morgan fingerprint density at radius 1 is 1.12 bits per heavy atom. The number of aromatic nitrogens is 1. The van der Waals surface area contributed by atoms with Crippen molar-refractivity contribution in [1.82, 2.24) is 9.88 Å². The molecule has 1 saturated heterocycles. The topological polar surface area (TPSA) is 92.9 Å². The van der Waals surface area contributed by atoms with Gasteiger partial charge < -0.3 is 24.5 Å². The Bertz CT molecular complexity index is 1180. The number of H-pyrrole nitrogens is 1. The molecule has 5 rings (SSSR count). The Balaban J connectivity index is 1.26. The first-order chi connectivity index (χ1) is 16.6. The summed E-state index contributed by atoms with van der Waals surface area (Å²) in [6.07, 6.45) is 3.20. The number of hydrogen-bond acceptors (Lipinski definition) is 6. The molecule has 34 heavy (non-hydrogen) atoms. The molecule has 0 spiro atoms. The lowest BCUT2D eigenvalue weighted by Crippen LogP contribution is -2.39. The van der Waals surface area contributed by atoms with Gasteiger partial charge in [-0.25, -0.2) is 4.79 Å². The Kier molecular flexibility index (Phi) is 6.40. The lowest BCUT2D eigenvalue weighted by Gasteiger charge is -2.31. The Hall–Kier alpha value is -3.52. The van der Waals surface area contributed by atoms with Crippen molar-refractivity contribution in [2.75, 3.05) is 38.4 Å². The summed E-state index contributed by atoms with van der Waals surface area (Å²) in [6.45, 7) is 4.16. The van der Waals surface area contributed by atoms with Crippen molar-refractivity contribution in [1.29, 1.82) is 0 Å². The van der Waals surface area contributed by atoms with E-state index < -0.39 is 5.97 Å². The molecular formula is C26H29N3O5. The number of carbonyl (C=O) groups excluding carboxylic acids is 2. The fourth-order valence-corrected chi connectivity index (χ4v) is 4.75. The predicted octanol–water partition coefficient (Wildman–Crippen LogP) is 3.97. The van der Waals surface area contributed by atoms with Crippen LogP contribution in [-0.4, -0.2) is 54.8 Å². The van der Waals surface area contributed by atoms with Crippen molar-refractivity contribution < 1.29 is 23.8 Å². The van der Waals surface area contributed by atoms with Gasteiger partial charge in [0.05, 0.1) is 24.4 Å². The molecule has 1 fully saturated rings. The third kappa shape index (κ3) is 4.72. The molecule has 1 amide bonds. The first-order valence-electron chi connectivity index (χ1n) is 11.8. The van der Waals surface area contributed by atoms with Crippen LogP contribution in [0.4, 0.5) is 5.69 Å². The first kappa shape index (κ1) is 22.3. The molecule has 8 heteroatoms. The number of likely N-dealkylation sites (tertiary alicyclic amines) is 1. The number of amides is 1. The highest BCUT2D eigenvalue weighted by molar-refractivity contribution is 6.11. The molecule has 0 saturated carbocycles. The normalized spacial score (nSPS) is 16.0. The quantitative estimate of drug-likeness (QED) is 0.515. The van der Waals surface area contributed by atoms with Crippen molar-refractivity contribution in [3.63, 3.8) is 0 Å². The molecule has 0 radical (unpaired) electrons. The number of hydrogen-bond donors (Lipinski definition) is 2. The molecule has 3 heterocycles. The molecule has 8 nitrogen and oxygen atoms in total. The SMILES string of the molecule is CCOC(=O)c1[nH]c2cc3c(cc2c1NC(=O)CN1CCC(Cc2ccccc2)CC1)OCO3. The van der Waals surface area contributed by atoms with Crippen LogP contribution in [-0.2, 0) is 16.0 Å². The first-order valence-corrected chi connectivity index (χ1v) is 11.8. The molecule has 2 aliphatic rings. The van der Waals surface area contributed by atoms with Crippen molar-refractivity contribution >= 4 is 28.5 Å². The van der Waals surface area contributed by atoms with Gasteiger partial charge in [-0.3, -0.25) is 9.69 Å². The minimum Gasteiger partial charge on any atom is -0.461 e. The van der Waals surface area contributed by atoms with Gasteiger partial charge in [-0.05, 0) is 56.8 Å². The van der Waals surface area contributed by atoms with Crippen molar-refractivity contribution in [2.24, 2.45) is 5.92 Å². The average Bonchev–Trinajstić information content (AvgIpc) is 3.44. The summed E-state index contributed by atoms with van der Waals surface area (Å²) in [7, 11) is 0. The molecule has 178 valence electrons. The molecule has 3 aromatic rings. The largest absolute Gasteiger partial charge is 0.461 e. The number of nitrogens with zero attached hydrogens (tertiary/aromatic N) is 1. The lowest BCUT2D eigenvalue weighted by atomic mass is 9.90. The molecular weight excluding hydrogens is 434 g/mol. The zero-order valence-corrected chi connectivity index (χ0v) is 19.3. The summed E-state index contributed by atoms with van der Waals surface area (Å²) in [5.41, 5.74) is 2.67. The highest BCUT2D eigenvalue weighted by atomic mass is 16.7. The average molecular weight is 464 g/mol. The standard InChI is InChI=1S/C26H29N3O5/c1-2-32-26(31)25-24(19-13-21-22(34-16-33-21)14-20(19)27-25)28-23(30)15-29-10-8-18(9-11-29)12-17-6-4-3-5-7-17/h3-7,13-14,18,27H,2,8-12,15-16H2,1H3,(H,28,30). The fourth-order valence-electron chi connectivity index (χ4n) is 4.75. The second-order valence-corrected chi connectivity index (χ2v) is 8.80. The summed E-state index contributed by atoms with van der Waals surface area (Å²) in [6, 6.07) is 14.1. The number of nitrogens with one attached hydrogen (secondary N) is 2. The van der Waals surface area contributed by atoms with E-state index >= 15 is 0 Å². The predicted molar refractivity (Wildman–Crippen MR) is 128 cm³/mol. The van der Waals surface area contributed by atoms with Gasteiger partial charge in [-0.15, -0.1) is 0 Å². The molecule has 0 atom stereocenters. The van der Waals surface area contributed by atoms with Crippen LogP contribution >= 0.6 is 0 Å². The van der Waals surface area contributed by atoms with Gasteiger partial charge in [-0.2, -0.15) is 0 Å². The van der Waals surface area contributed by atoms with Crippen molar-refractivity contribution in [3.8, 4) is 11.5 Å². The minimum atomic E-state index is -0.516. The van der Waals surface area contributed by atoms with Crippen LogP contribution in [0.5, 0.6) is 11.5 Å². The van der Waals surface area contributed by atoms with Crippen molar-refractivity contribution in [3.05, 3.63) is 53.7 Å².